The average molecular weight is 257 g/mol. The van der Waals surface area contributed by atoms with Crippen LogP contribution >= 0.6 is 0 Å². The van der Waals surface area contributed by atoms with Gasteiger partial charge in [-0.2, -0.15) is 0 Å². The first-order valence-corrected chi connectivity index (χ1v) is 6.39. The standard InChI is InChI=1S/C16H13F2N/c17-16(18)9-15(16,19)14-12-7-3-1-5-10(12)11-6-2-4-8-13(11)14/h1-8,14H,9,19H2. The van der Waals surface area contributed by atoms with Gasteiger partial charge in [0.05, 0.1) is 5.54 Å². The maximum atomic E-state index is 13.7. The molecule has 2 aliphatic carbocycles. The van der Waals surface area contributed by atoms with Crippen LogP contribution in [0.3, 0.4) is 0 Å². The Balaban J connectivity index is 1.98. The third-order valence-electron chi connectivity index (χ3n) is 4.42. The summed E-state index contributed by atoms with van der Waals surface area (Å²) in [5.41, 5.74) is 8.53. The third kappa shape index (κ3) is 1.26. The number of hydrogen-bond acceptors (Lipinski definition) is 1. The Kier molecular flexibility index (Phi) is 1.89. The largest absolute Gasteiger partial charge is 0.319 e. The first kappa shape index (κ1) is 11.1. The summed E-state index contributed by atoms with van der Waals surface area (Å²) in [6.45, 7) is 0. The topological polar surface area (TPSA) is 26.0 Å². The van der Waals surface area contributed by atoms with E-state index in [1.807, 2.05) is 48.5 Å². The summed E-state index contributed by atoms with van der Waals surface area (Å²) in [4.78, 5) is 0. The van der Waals surface area contributed by atoms with Crippen LogP contribution in [0.2, 0.25) is 0 Å². The zero-order valence-electron chi connectivity index (χ0n) is 10.2. The van der Waals surface area contributed by atoms with E-state index >= 15 is 0 Å². The SMILES string of the molecule is NC1(C2c3ccccc3-c3ccccc32)CC1(F)F. The molecule has 1 saturated carbocycles. The van der Waals surface area contributed by atoms with E-state index in [2.05, 4.69) is 0 Å². The van der Waals surface area contributed by atoms with Gasteiger partial charge in [-0.3, -0.25) is 0 Å². The Labute approximate surface area is 110 Å². The minimum atomic E-state index is -2.76. The van der Waals surface area contributed by atoms with E-state index in [0.717, 1.165) is 22.3 Å². The fraction of sp³-hybridized carbons (Fsp3) is 0.250. The van der Waals surface area contributed by atoms with Crippen molar-refractivity contribution in [1.29, 1.82) is 0 Å². The van der Waals surface area contributed by atoms with Crippen LogP contribution in [0.1, 0.15) is 23.5 Å². The monoisotopic (exact) mass is 257 g/mol. The van der Waals surface area contributed by atoms with Crippen molar-refractivity contribution < 1.29 is 8.78 Å². The second kappa shape index (κ2) is 3.23. The van der Waals surface area contributed by atoms with Gasteiger partial charge in [0.1, 0.15) is 0 Å². The van der Waals surface area contributed by atoms with Crippen molar-refractivity contribution in [3.05, 3.63) is 59.7 Å². The van der Waals surface area contributed by atoms with E-state index in [-0.39, 0.29) is 6.42 Å². The van der Waals surface area contributed by atoms with E-state index in [9.17, 15) is 8.78 Å². The summed E-state index contributed by atoms with van der Waals surface area (Å²) in [5.74, 6) is -3.16. The number of rotatable bonds is 1. The van der Waals surface area contributed by atoms with Crippen LogP contribution in [-0.4, -0.2) is 11.5 Å². The fourth-order valence-corrected chi connectivity index (χ4v) is 3.35. The molecular formula is C16H13F2N. The minimum absolute atomic E-state index is 0.229. The molecule has 96 valence electrons. The molecule has 0 saturated heterocycles. The quantitative estimate of drug-likeness (QED) is 0.831. The number of nitrogens with two attached hydrogens (primary N) is 1. The summed E-state index contributed by atoms with van der Waals surface area (Å²) in [5, 5.41) is 0. The van der Waals surface area contributed by atoms with Gasteiger partial charge in [-0.25, -0.2) is 8.78 Å². The predicted molar refractivity (Wildman–Crippen MR) is 70.2 cm³/mol. The molecule has 0 bridgehead atoms. The molecule has 1 atom stereocenters. The summed E-state index contributed by atoms with van der Waals surface area (Å²) < 4.78 is 27.4. The molecule has 0 aliphatic heterocycles. The van der Waals surface area contributed by atoms with Gasteiger partial charge in [0.2, 0.25) is 0 Å². The average Bonchev–Trinajstić information content (AvgIpc) is 2.78. The normalized spacial score (nSPS) is 26.9. The predicted octanol–water partition coefficient (Wildman–Crippen LogP) is 3.54. The van der Waals surface area contributed by atoms with Crippen molar-refractivity contribution in [2.45, 2.75) is 23.8 Å². The van der Waals surface area contributed by atoms with Gasteiger partial charge in [0, 0.05) is 12.3 Å². The molecule has 0 amide bonds. The van der Waals surface area contributed by atoms with Gasteiger partial charge in [-0.05, 0) is 22.3 Å². The van der Waals surface area contributed by atoms with Gasteiger partial charge in [-0.1, -0.05) is 48.5 Å². The van der Waals surface area contributed by atoms with Crippen LogP contribution < -0.4 is 5.73 Å². The minimum Gasteiger partial charge on any atom is -0.319 e. The van der Waals surface area contributed by atoms with Crippen LogP contribution in [0.25, 0.3) is 11.1 Å². The second-order valence-corrected chi connectivity index (χ2v) is 5.53. The lowest BCUT2D eigenvalue weighted by atomic mass is 9.87. The number of hydrogen-bond donors (Lipinski definition) is 1. The van der Waals surface area contributed by atoms with Gasteiger partial charge in [0.15, 0.2) is 0 Å². The highest BCUT2D eigenvalue weighted by Gasteiger charge is 2.73. The lowest BCUT2D eigenvalue weighted by Crippen LogP contribution is -2.36. The van der Waals surface area contributed by atoms with Crippen LogP contribution in [0.5, 0.6) is 0 Å². The van der Waals surface area contributed by atoms with E-state index in [1.54, 1.807) is 0 Å². The number of halogens is 2. The summed E-state index contributed by atoms with van der Waals surface area (Å²) in [7, 11) is 0. The van der Waals surface area contributed by atoms with E-state index in [4.69, 9.17) is 5.73 Å². The maximum absolute atomic E-state index is 13.7. The molecule has 1 nitrogen and oxygen atoms in total. The number of alkyl halides is 2. The van der Waals surface area contributed by atoms with Crippen molar-refractivity contribution in [3.63, 3.8) is 0 Å². The summed E-state index contributed by atoms with van der Waals surface area (Å²) in [6, 6.07) is 15.5. The summed E-state index contributed by atoms with van der Waals surface area (Å²) >= 11 is 0. The molecule has 0 radical (unpaired) electrons. The summed E-state index contributed by atoms with van der Waals surface area (Å²) in [6.07, 6.45) is -0.229. The van der Waals surface area contributed by atoms with Crippen LogP contribution in [0.4, 0.5) is 8.78 Å². The van der Waals surface area contributed by atoms with Gasteiger partial charge >= 0.3 is 0 Å². The lowest BCUT2D eigenvalue weighted by molar-refractivity contribution is 0.0856. The molecule has 1 unspecified atom stereocenters. The Bertz CT molecular complexity index is 634. The molecule has 3 heteroatoms. The first-order valence-electron chi connectivity index (χ1n) is 6.39. The smallest absolute Gasteiger partial charge is 0.268 e. The third-order valence-corrected chi connectivity index (χ3v) is 4.42. The lowest BCUT2D eigenvalue weighted by Gasteiger charge is -2.21. The van der Waals surface area contributed by atoms with Crippen LogP contribution in [0.15, 0.2) is 48.5 Å². The van der Waals surface area contributed by atoms with Crippen molar-refractivity contribution in [2.24, 2.45) is 5.73 Å². The molecule has 4 rings (SSSR count). The van der Waals surface area contributed by atoms with Crippen molar-refractivity contribution >= 4 is 0 Å². The van der Waals surface area contributed by atoms with Crippen molar-refractivity contribution in [2.75, 3.05) is 0 Å². The van der Waals surface area contributed by atoms with Gasteiger partial charge < -0.3 is 5.73 Å². The maximum Gasteiger partial charge on any atom is 0.268 e. The highest BCUT2D eigenvalue weighted by Crippen LogP contribution is 2.63. The highest BCUT2D eigenvalue weighted by atomic mass is 19.3. The van der Waals surface area contributed by atoms with Gasteiger partial charge in [-0.15, -0.1) is 0 Å². The van der Waals surface area contributed by atoms with Gasteiger partial charge in [0.25, 0.3) is 5.92 Å². The second-order valence-electron chi connectivity index (χ2n) is 5.53. The molecule has 2 aliphatic rings. The Morgan fingerprint density at radius 2 is 1.32 bits per heavy atom. The first-order chi connectivity index (χ1) is 9.05. The molecule has 2 N–H and O–H groups in total. The molecule has 2 aromatic carbocycles. The van der Waals surface area contributed by atoms with E-state index in [1.165, 1.54) is 0 Å². The molecule has 1 fully saturated rings. The molecular weight excluding hydrogens is 244 g/mol. The Morgan fingerprint density at radius 1 is 0.895 bits per heavy atom. The van der Waals surface area contributed by atoms with Crippen LogP contribution in [-0.2, 0) is 0 Å². The molecule has 0 spiro atoms. The zero-order valence-corrected chi connectivity index (χ0v) is 10.2. The van der Waals surface area contributed by atoms with Crippen LogP contribution in [0, 0.1) is 0 Å². The Hall–Kier alpha value is -1.74. The zero-order chi connectivity index (χ0) is 13.3. The van der Waals surface area contributed by atoms with Crippen molar-refractivity contribution in [1.82, 2.24) is 0 Å². The fourth-order valence-electron chi connectivity index (χ4n) is 3.35. The molecule has 2 aromatic rings. The molecule has 0 heterocycles. The molecule has 19 heavy (non-hydrogen) atoms. The number of fused-ring (bicyclic) bond motifs is 3. The highest BCUT2D eigenvalue weighted by molar-refractivity contribution is 5.80. The van der Waals surface area contributed by atoms with E-state index < -0.39 is 17.4 Å². The number of benzene rings is 2. The van der Waals surface area contributed by atoms with E-state index in [0.29, 0.717) is 0 Å². The molecule has 0 aromatic heterocycles. The van der Waals surface area contributed by atoms with Crippen molar-refractivity contribution in [3.8, 4) is 11.1 Å². The Morgan fingerprint density at radius 3 is 1.74 bits per heavy atom.